The lowest BCUT2D eigenvalue weighted by Crippen LogP contribution is -2.39. The van der Waals surface area contributed by atoms with Gasteiger partial charge in [0.2, 0.25) is 0 Å². The summed E-state index contributed by atoms with van der Waals surface area (Å²) in [6.45, 7) is 7.01. The van der Waals surface area contributed by atoms with Gasteiger partial charge >= 0.3 is 5.97 Å². The van der Waals surface area contributed by atoms with E-state index in [1.165, 1.54) is 6.33 Å². The van der Waals surface area contributed by atoms with Gasteiger partial charge < -0.3 is 15.1 Å². The van der Waals surface area contributed by atoms with Crippen molar-refractivity contribution in [3.05, 3.63) is 18.6 Å². The van der Waals surface area contributed by atoms with Crippen LogP contribution >= 0.6 is 0 Å². The minimum absolute atomic E-state index is 0.192. The van der Waals surface area contributed by atoms with Crippen molar-refractivity contribution in [1.82, 2.24) is 19.6 Å². The predicted molar refractivity (Wildman–Crippen MR) is 87.3 cm³/mol. The van der Waals surface area contributed by atoms with Crippen LogP contribution in [0.3, 0.4) is 0 Å². The van der Waals surface area contributed by atoms with Crippen LogP contribution in [0.2, 0.25) is 0 Å². The molecule has 0 aromatic carbocycles. The lowest BCUT2D eigenvalue weighted by atomic mass is 9.98. The van der Waals surface area contributed by atoms with Crippen molar-refractivity contribution in [3.63, 3.8) is 0 Å². The van der Waals surface area contributed by atoms with Gasteiger partial charge in [-0.3, -0.25) is 0 Å². The summed E-state index contributed by atoms with van der Waals surface area (Å²) >= 11 is 0. The van der Waals surface area contributed by atoms with E-state index in [4.69, 9.17) is 10.6 Å². The Morgan fingerprint density at radius 3 is 2.65 bits per heavy atom. The smallest absolute Gasteiger partial charge is 0.330 e. The summed E-state index contributed by atoms with van der Waals surface area (Å²) in [5.74, 6) is 0.313. The van der Waals surface area contributed by atoms with Gasteiger partial charge in [-0.2, -0.15) is 0 Å². The van der Waals surface area contributed by atoms with Crippen LogP contribution < -0.4 is 5.73 Å². The fourth-order valence-corrected chi connectivity index (χ4v) is 2.75. The third kappa shape index (κ3) is 3.14. The van der Waals surface area contributed by atoms with E-state index in [1.54, 1.807) is 5.06 Å². The molecule has 0 spiro atoms. The number of nitrogens with two attached hydrogens (primary N) is 1. The Morgan fingerprint density at radius 1 is 1.30 bits per heavy atom. The number of fused-ring (bicyclic) bond motifs is 1. The van der Waals surface area contributed by atoms with Gasteiger partial charge in [0.1, 0.15) is 17.8 Å². The number of nitrogens with zero attached hydrogens (tertiary/aromatic N) is 4. The van der Waals surface area contributed by atoms with Crippen LogP contribution in [-0.4, -0.2) is 38.7 Å². The maximum Gasteiger partial charge on any atom is 0.330 e. The number of hydroxylamine groups is 2. The molecule has 1 saturated heterocycles. The second-order valence-corrected chi connectivity index (χ2v) is 7.01. The Bertz CT molecular complexity index is 711. The number of rotatable bonds is 2. The van der Waals surface area contributed by atoms with Gasteiger partial charge in [0, 0.05) is 25.3 Å². The fourth-order valence-electron chi connectivity index (χ4n) is 2.75. The van der Waals surface area contributed by atoms with Crippen molar-refractivity contribution in [3.8, 4) is 0 Å². The maximum atomic E-state index is 12.0. The highest BCUT2D eigenvalue weighted by molar-refractivity contribution is 5.86. The highest BCUT2D eigenvalue weighted by Gasteiger charge is 2.29. The molecule has 0 aliphatic carbocycles. The summed E-state index contributed by atoms with van der Waals surface area (Å²) in [5.41, 5.74) is 6.27. The predicted octanol–water partition coefficient (Wildman–Crippen LogP) is 2.15. The molecule has 0 atom stereocenters. The van der Waals surface area contributed by atoms with Crippen LogP contribution in [0, 0.1) is 5.41 Å². The van der Waals surface area contributed by atoms with Crippen LogP contribution in [-0.2, 0) is 9.63 Å². The van der Waals surface area contributed by atoms with E-state index in [0.29, 0.717) is 24.9 Å². The Hall–Kier alpha value is -2.15. The molecule has 1 aliphatic heterocycles. The van der Waals surface area contributed by atoms with E-state index in [0.717, 1.165) is 23.9 Å². The molecule has 0 saturated carbocycles. The third-order valence-corrected chi connectivity index (χ3v) is 4.18. The van der Waals surface area contributed by atoms with Crippen LogP contribution in [0.25, 0.3) is 11.0 Å². The summed E-state index contributed by atoms with van der Waals surface area (Å²) in [5, 5.41) is 2.65. The van der Waals surface area contributed by atoms with Gasteiger partial charge in [-0.1, -0.05) is 0 Å². The highest BCUT2D eigenvalue weighted by atomic mass is 16.7. The second-order valence-electron chi connectivity index (χ2n) is 7.01. The number of hydrogen-bond donors (Lipinski definition) is 1. The van der Waals surface area contributed by atoms with Gasteiger partial charge in [0.15, 0.2) is 0 Å². The molecule has 124 valence electrons. The van der Waals surface area contributed by atoms with Crippen molar-refractivity contribution in [2.24, 2.45) is 5.41 Å². The molecular formula is C16H23N5O2. The average molecular weight is 317 g/mol. The van der Waals surface area contributed by atoms with Crippen molar-refractivity contribution in [1.29, 1.82) is 0 Å². The number of piperidine rings is 1. The van der Waals surface area contributed by atoms with Gasteiger partial charge in [-0.05, 0) is 39.7 Å². The van der Waals surface area contributed by atoms with E-state index in [-0.39, 0.29) is 5.97 Å². The summed E-state index contributed by atoms with van der Waals surface area (Å²) in [7, 11) is 0. The van der Waals surface area contributed by atoms with Crippen molar-refractivity contribution in [2.45, 2.75) is 39.7 Å². The first kappa shape index (κ1) is 15.7. The normalized spacial score (nSPS) is 17.5. The summed E-state index contributed by atoms with van der Waals surface area (Å²) in [6, 6.07) is 2.28. The SMILES string of the molecule is CC(C)(C)C(=O)ON1CCC(n2ccc3c(N)ncnc32)CC1. The molecule has 0 bridgehead atoms. The molecule has 3 heterocycles. The largest absolute Gasteiger partial charge is 0.383 e. The van der Waals surface area contributed by atoms with E-state index < -0.39 is 5.41 Å². The Morgan fingerprint density at radius 2 is 2.00 bits per heavy atom. The van der Waals surface area contributed by atoms with Crippen LogP contribution in [0.1, 0.15) is 39.7 Å². The summed E-state index contributed by atoms with van der Waals surface area (Å²) < 4.78 is 2.15. The zero-order valence-corrected chi connectivity index (χ0v) is 13.8. The molecule has 7 heteroatoms. The van der Waals surface area contributed by atoms with Gasteiger partial charge in [0.05, 0.1) is 10.8 Å². The molecule has 1 aliphatic rings. The molecular weight excluding hydrogens is 294 g/mol. The van der Waals surface area contributed by atoms with Crippen LogP contribution in [0.5, 0.6) is 0 Å². The number of anilines is 1. The van der Waals surface area contributed by atoms with Crippen LogP contribution in [0.15, 0.2) is 18.6 Å². The molecule has 0 amide bonds. The molecule has 2 N–H and O–H groups in total. The first-order valence-corrected chi connectivity index (χ1v) is 7.90. The molecule has 7 nitrogen and oxygen atoms in total. The quantitative estimate of drug-likeness (QED) is 0.913. The fraction of sp³-hybridized carbons (Fsp3) is 0.562. The maximum absolute atomic E-state index is 12.0. The summed E-state index contributed by atoms with van der Waals surface area (Å²) in [6.07, 6.45) is 5.29. The van der Waals surface area contributed by atoms with Crippen molar-refractivity contribution >= 4 is 22.8 Å². The van der Waals surface area contributed by atoms with Crippen molar-refractivity contribution in [2.75, 3.05) is 18.8 Å². The Labute approximate surface area is 135 Å². The van der Waals surface area contributed by atoms with Crippen molar-refractivity contribution < 1.29 is 9.63 Å². The number of carbonyl (C=O) groups excluding carboxylic acids is 1. The standard InChI is InChI=1S/C16H23N5O2/c1-16(2,3)15(22)23-20-7-4-11(5-8-20)21-9-6-12-13(17)18-10-19-14(12)21/h6,9-11H,4-5,7-8H2,1-3H3,(H2,17,18,19). The molecule has 0 radical (unpaired) electrons. The molecule has 1 fully saturated rings. The first-order valence-electron chi connectivity index (χ1n) is 7.90. The molecule has 2 aromatic rings. The van der Waals surface area contributed by atoms with E-state index in [2.05, 4.69) is 14.5 Å². The minimum Gasteiger partial charge on any atom is -0.383 e. The third-order valence-electron chi connectivity index (χ3n) is 4.18. The Balaban J connectivity index is 1.67. The molecule has 23 heavy (non-hydrogen) atoms. The molecule has 2 aromatic heterocycles. The minimum atomic E-state index is -0.484. The monoisotopic (exact) mass is 317 g/mol. The van der Waals surface area contributed by atoms with Gasteiger partial charge in [-0.15, -0.1) is 5.06 Å². The van der Waals surface area contributed by atoms with E-state index in [9.17, 15) is 4.79 Å². The highest BCUT2D eigenvalue weighted by Crippen LogP contribution is 2.28. The number of aromatic nitrogens is 3. The van der Waals surface area contributed by atoms with E-state index >= 15 is 0 Å². The summed E-state index contributed by atoms with van der Waals surface area (Å²) in [4.78, 5) is 25.8. The number of nitrogen functional groups attached to an aromatic ring is 1. The average Bonchev–Trinajstić information content (AvgIpc) is 2.92. The zero-order chi connectivity index (χ0) is 16.6. The Kier molecular flexibility index (Phi) is 3.97. The number of hydrogen-bond acceptors (Lipinski definition) is 6. The first-order chi connectivity index (χ1) is 10.9. The van der Waals surface area contributed by atoms with Crippen LogP contribution in [0.4, 0.5) is 5.82 Å². The molecule has 0 unspecified atom stereocenters. The van der Waals surface area contributed by atoms with E-state index in [1.807, 2.05) is 33.0 Å². The molecule has 3 rings (SSSR count). The van der Waals surface area contributed by atoms with Gasteiger partial charge in [0.25, 0.3) is 0 Å². The lowest BCUT2D eigenvalue weighted by molar-refractivity contribution is -0.205. The number of carbonyl (C=O) groups is 1. The zero-order valence-electron chi connectivity index (χ0n) is 13.8. The lowest BCUT2D eigenvalue weighted by Gasteiger charge is -2.32. The second kappa shape index (κ2) is 5.81. The topological polar surface area (TPSA) is 86.3 Å². The van der Waals surface area contributed by atoms with Gasteiger partial charge in [-0.25, -0.2) is 14.8 Å².